The van der Waals surface area contributed by atoms with Crippen LogP contribution in [0.2, 0.25) is 0 Å². The molecule has 0 fully saturated rings. The zero-order chi connectivity index (χ0) is 25.4. The van der Waals surface area contributed by atoms with Gasteiger partial charge in [-0.05, 0) is 36.0 Å². The predicted octanol–water partition coefficient (Wildman–Crippen LogP) is 6.51. The minimum atomic E-state index is -0.237. The molecule has 0 radical (unpaired) electrons. The lowest BCUT2D eigenvalue weighted by molar-refractivity contribution is 0.380. The molecule has 6 rings (SSSR count). The fourth-order valence-electron chi connectivity index (χ4n) is 5.74. The van der Waals surface area contributed by atoms with E-state index in [2.05, 4.69) is 89.1 Å². The summed E-state index contributed by atoms with van der Waals surface area (Å²) in [5, 5.41) is 10.1. The summed E-state index contributed by atoms with van der Waals surface area (Å²) in [5.41, 5.74) is 6.39. The highest BCUT2D eigenvalue weighted by Crippen LogP contribution is 2.46. The molecule has 0 saturated heterocycles. The van der Waals surface area contributed by atoms with Crippen molar-refractivity contribution in [3.63, 3.8) is 0 Å². The molecule has 0 amide bonds. The molecule has 0 bridgehead atoms. The van der Waals surface area contributed by atoms with Crippen LogP contribution in [0.15, 0.2) is 94.9 Å². The summed E-state index contributed by atoms with van der Waals surface area (Å²) in [5.74, 6) is 1.38. The number of nitrogens with zero attached hydrogens (tertiary/aromatic N) is 4. The molecular weight excluding hydrogens is 476 g/mol. The molecule has 6 heteroatoms. The van der Waals surface area contributed by atoms with E-state index >= 15 is 0 Å². The topological polar surface area (TPSA) is 52.2 Å². The molecule has 2 heterocycles. The van der Waals surface area contributed by atoms with Crippen molar-refractivity contribution in [1.29, 1.82) is 0 Å². The third-order valence-corrected chi connectivity index (χ3v) is 8.86. The van der Waals surface area contributed by atoms with Gasteiger partial charge in [0.15, 0.2) is 5.16 Å². The van der Waals surface area contributed by atoms with Crippen LogP contribution in [0.1, 0.15) is 48.9 Å². The van der Waals surface area contributed by atoms with Crippen LogP contribution in [0.3, 0.4) is 0 Å². The fraction of sp³-hybridized carbons (Fsp3) is 0.258. The smallest absolute Gasteiger partial charge is 0.259 e. The lowest BCUT2D eigenvalue weighted by Gasteiger charge is -2.39. The lowest BCUT2D eigenvalue weighted by atomic mass is 9.66. The molecule has 0 unspecified atom stereocenters. The Morgan fingerprint density at radius 3 is 2.19 bits per heavy atom. The Kier molecular flexibility index (Phi) is 6.21. The van der Waals surface area contributed by atoms with Gasteiger partial charge in [0.2, 0.25) is 5.78 Å². The first-order valence-corrected chi connectivity index (χ1v) is 13.9. The summed E-state index contributed by atoms with van der Waals surface area (Å²) in [6.45, 7) is 4.89. The van der Waals surface area contributed by atoms with Gasteiger partial charge in [-0.1, -0.05) is 111 Å². The van der Waals surface area contributed by atoms with Crippen molar-refractivity contribution < 1.29 is 0 Å². The number of thioether (sulfide) groups is 1. The zero-order valence-corrected chi connectivity index (χ0v) is 22.0. The van der Waals surface area contributed by atoms with Crippen molar-refractivity contribution >= 4 is 17.5 Å². The molecule has 5 nitrogen and oxygen atoms in total. The Labute approximate surface area is 221 Å². The van der Waals surface area contributed by atoms with E-state index in [9.17, 15) is 4.79 Å². The van der Waals surface area contributed by atoms with E-state index in [-0.39, 0.29) is 11.0 Å². The summed E-state index contributed by atoms with van der Waals surface area (Å²) >= 11 is 1.67. The largest absolute Gasteiger partial charge is 0.272 e. The highest BCUT2D eigenvalue weighted by atomic mass is 32.2. The second kappa shape index (κ2) is 9.67. The van der Waals surface area contributed by atoms with Gasteiger partial charge in [-0.2, -0.15) is 0 Å². The van der Waals surface area contributed by atoms with Gasteiger partial charge in [-0.25, -0.2) is 0 Å². The van der Waals surface area contributed by atoms with E-state index in [0.717, 1.165) is 52.6 Å². The summed E-state index contributed by atoms with van der Waals surface area (Å²) in [7, 11) is 0. The second-order valence-corrected chi connectivity index (χ2v) is 10.8. The van der Waals surface area contributed by atoms with Gasteiger partial charge in [0.25, 0.3) is 5.56 Å². The van der Waals surface area contributed by atoms with Crippen LogP contribution in [-0.2, 0) is 24.1 Å². The van der Waals surface area contributed by atoms with E-state index in [1.165, 1.54) is 11.1 Å². The molecule has 3 aromatic carbocycles. The highest BCUT2D eigenvalue weighted by molar-refractivity contribution is 7.98. The Hall–Kier alpha value is -3.64. The average Bonchev–Trinajstić information content (AvgIpc) is 3.38. The maximum atomic E-state index is 14.4. The molecule has 0 atom stereocenters. The van der Waals surface area contributed by atoms with E-state index in [4.69, 9.17) is 0 Å². The standard InChI is InChI=1S/C31H30N4OS/c1-3-31(4-2)19-24-17-11-12-18-25(24)27-26(31)28(36)34(20-22-13-7-5-8-14-22)29-32-33-30(35(27)29)37-21-23-15-9-6-10-16-23/h5-18H,3-4,19-21H2,1-2H3. The van der Waals surface area contributed by atoms with Crippen LogP contribution in [0.5, 0.6) is 0 Å². The Morgan fingerprint density at radius 2 is 1.49 bits per heavy atom. The summed E-state index contributed by atoms with van der Waals surface area (Å²) in [6, 6.07) is 29.1. The van der Waals surface area contributed by atoms with Crippen LogP contribution in [0, 0.1) is 0 Å². The van der Waals surface area contributed by atoms with Gasteiger partial charge in [0, 0.05) is 22.3 Å². The van der Waals surface area contributed by atoms with Gasteiger partial charge in [-0.15, -0.1) is 10.2 Å². The molecule has 0 aliphatic heterocycles. The highest BCUT2D eigenvalue weighted by Gasteiger charge is 2.41. The van der Waals surface area contributed by atoms with E-state index in [1.807, 2.05) is 28.8 Å². The summed E-state index contributed by atoms with van der Waals surface area (Å²) in [6.07, 6.45) is 2.65. The normalized spacial score (nSPS) is 13.9. The van der Waals surface area contributed by atoms with Crippen LogP contribution >= 0.6 is 11.8 Å². The van der Waals surface area contributed by atoms with Crippen LogP contribution in [0.4, 0.5) is 0 Å². The van der Waals surface area contributed by atoms with Crippen molar-refractivity contribution in [3.05, 3.63) is 118 Å². The molecule has 37 heavy (non-hydrogen) atoms. The van der Waals surface area contributed by atoms with Crippen molar-refractivity contribution in [2.24, 2.45) is 0 Å². The minimum Gasteiger partial charge on any atom is -0.272 e. The molecule has 0 saturated carbocycles. The number of rotatable bonds is 7. The third kappa shape index (κ3) is 4.00. The number of hydrogen-bond acceptors (Lipinski definition) is 4. The monoisotopic (exact) mass is 506 g/mol. The third-order valence-electron chi connectivity index (χ3n) is 7.86. The van der Waals surface area contributed by atoms with Crippen molar-refractivity contribution in [3.8, 4) is 11.3 Å². The number of aromatic nitrogens is 4. The molecule has 0 spiro atoms. The van der Waals surface area contributed by atoms with Crippen LogP contribution in [0.25, 0.3) is 17.0 Å². The maximum Gasteiger partial charge on any atom is 0.259 e. The predicted molar refractivity (Wildman–Crippen MR) is 150 cm³/mol. The SMILES string of the molecule is CCC1(CC)Cc2ccccc2-c2c1c(=O)n(Cc1ccccc1)c1nnc(SCc3ccccc3)n21. The summed E-state index contributed by atoms with van der Waals surface area (Å²) in [4.78, 5) is 14.4. The van der Waals surface area contributed by atoms with E-state index in [1.54, 1.807) is 11.8 Å². The molecular formula is C31H30N4OS. The maximum absolute atomic E-state index is 14.4. The zero-order valence-electron chi connectivity index (χ0n) is 21.2. The van der Waals surface area contributed by atoms with Gasteiger partial charge >= 0.3 is 0 Å². The minimum absolute atomic E-state index is 0.0524. The number of hydrogen-bond donors (Lipinski definition) is 0. The van der Waals surface area contributed by atoms with Gasteiger partial charge < -0.3 is 0 Å². The lowest BCUT2D eigenvalue weighted by Crippen LogP contribution is -2.41. The average molecular weight is 507 g/mol. The van der Waals surface area contributed by atoms with E-state index < -0.39 is 0 Å². The van der Waals surface area contributed by atoms with E-state index in [0.29, 0.717) is 12.3 Å². The first kappa shape index (κ1) is 23.7. The molecule has 0 N–H and O–H groups in total. The molecule has 5 aromatic rings. The fourth-order valence-corrected chi connectivity index (χ4v) is 6.63. The van der Waals surface area contributed by atoms with Crippen molar-refractivity contribution in [2.45, 2.75) is 56.0 Å². The van der Waals surface area contributed by atoms with Gasteiger partial charge in [0.1, 0.15) is 0 Å². The van der Waals surface area contributed by atoms with Gasteiger partial charge in [0.05, 0.1) is 12.2 Å². The summed E-state index contributed by atoms with van der Waals surface area (Å²) < 4.78 is 3.99. The first-order valence-electron chi connectivity index (χ1n) is 13.0. The Balaban J connectivity index is 1.64. The van der Waals surface area contributed by atoms with Crippen molar-refractivity contribution in [2.75, 3.05) is 0 Å². The number of benzene rings is 3. The van der Waals surface area contributed by atoms with Gasteiger partial charge in [-0.3, -0.25) is 13.8 Å². The van der Waals surface area contributed by atoms with Crippen molar-refractivity contribution in [1.82, 2.24) is 19.2 Å². The Bertz CT molecular complexity index is 1620. The van der Waals surface area contributed by atoms with Crippen LogP contribution in [-0.4, -0.2) is 19.2 Å². The first-order chi connectivity index (χ1) is 18.1. The molecule has 186 valence electrons. The number of fused-ring (bicyclic) bond motifs is 5. The molecule has 2 aromatic heterocycles. The Morgan fingerprint density at radius 1 is 0.838 bits per heavy atom. The van der Waals surface area contributed by atoms with Crippen LogP contribution < -0.4 is 5.56 Å². The molecule has 1 aliphatic rings. The quantitative estimate of drug-likeness (QED) is 0.236. The molecule has 1 aliphatic carbocycles. The second-order valence-electron chi connectivity index (χ2n) is 9.81.